The predicted octanol–water partition coefficient (Wildman–Crippen LogP) is 4.32. The molecule has 0 radical (unpaired) electrons. The van der Waals surface area contributed by atoms with E-state index >= 15 is 0 Å². The van der Waals surface area contributed by atoms with Crippen molar-refractivity contribution >= 4 is 32.5 Å². The van der Waals surface area contributed by atoms with Crippen molar-refractivity contribution in [2.75, 3.05) is 13.2 Å². The van der Waals surface area contributed by atoms with E-state index in [1.807, 2.05) is 6.92 Å². The van der Waals surface area contributed by atoms with E-state index in [0.29, 0.717) is 29.0 Å². The number of benzene rings is 2. The van der Waals surface area contributed by atoms with Crippen LogP contribution >= 0.6 is 11.6 Å². The van der Waals surface area contributed by atoms with Crippen molar-refractivity contribution in [2.24, 2.45) is 0 Å². The van der Waals surface area contributed by atoms with Crippen molar-refractivity contribution in [3.8, 4) is 0 Å². The zero-order valence-corrected chi connectivity index (χ0v) is 17.7. The van der Waals surface area contributed by atoms with Gasteiger partial charge in [-0.2, -0.15) is 17.6 Å². The Morgan fingerprint density at radius 1 is 1.24 bits per heavy atom. The summed E-state index contributed by atoms with van der Waals surface area (Å²) in [6, 6.07) is 10.2. The molecule has 2 heterocycles. The van der Waals surface area contributed by atoms with Crippen LogP contribution in [0.2, 0.25) is 5.02 Å². The smallest absolute Gasteiger partial charge is 0.283 e. The summed E-state index contributed by atoms with van der Waals surface area (Å²) in [4.78, 5) is 0.197. The van der Waals surface area contributed by atoms with Crippen molar-refractivity contribution in [3.63, 3.8) is 0 Å². The van der Waals surface area contributed by atoms with Crippen LogP contribution in [-0.2, 0) is 25.9 Å². The molecule has 0 amide bonds. The fraction of sp³-hybridized carbons (Fsp3) is 0.381. The summed E-state index contributed by atoms with van der Waals surface area (Å²) in [6.07, 6.45) is 4.98. The minimum absolute atomic E-state index is 0.168. The maximum absolute atomic E-state index is 13.1. The zero-order valence-electron chi connectivity index (χ0n) is 16.2. The molecule has 1 aliphatic heterocycles. The van der Waals surface area contributed by atoms with Gasteiger partial charge in [0.05, 0.1) is 23.2 Å². The molecule has 1 atom stereocenters. The summed E-state index contributed by atoms with van der Waals surface area (Å²) in [5.41, 5.74) is 2.31. The summed E-state index contributed by atoms with van der Waals surface area (Å²) in [5.74, 6) is 0. The first kappa shape index (κ1) is 20.3. The van der Waals surface area contributed by atoms with E-state index in [4.69, 9.17) is 21.1 Å². The van der Waals surface area contributed by atoms with Gasteiger partial charge in [-0.05, 0) is 62.4 Å². The molecule has 6 nitrogen and oxygen atoms in total. The molecule has 1 aromatic heterocycles. The molecule has 1 fully saturated rings. The number of fused-ring (bicyclic) bond motifs is 1. The van der Waals surface area contributed by atoms with E-state index in [2.05, 4.69) is 5.10 Å². The Bertz CT molecular complexity index is 1100. The molecule has 1 saturated heterocycles. The van der Waals surface area contributed by atoms with Crippen molar-refractivity contribution in [2.45, 2.75) is 43.8 Å². The Kier molecular flexibility index (Phi) is 5.92. The predicted molar refractivity (Wildman–Crippen MR) is 112 cm³/mol. The Balaban J connectivity index is 1.59. The van der Waals surface area contributed by atoms with Gasteiger partial charge in [0.1, 0.15) is 0 Å². The molecule has 3 aromatic rings. The van der Waals surface area contributed by atoms with Gasteiger partial charge in [0.25, 0.3) is 10.0 Å². The van der Waals surface area contributed by atoms with Crippen LogP contribution in [0.15, 0.2) is 47.5 Å². The lowest BCUT2D eigenvalue weighted by Crippen LogP contribution is -2.23. The van der Waals surface area contributed by atoms with Gasteiger partial charge in [-0.3, -0.25) is 0 Å². The number of ether oxygens (including phenoxy) is 2. The Morgan fingerprint density at radius 2 is 2.03 bits per heavy atom. The molecular formula is C21H23ClN2O4S. The monoisotopic (exact) mass is 434 g/mol. The van der Waals surface area contributed by atoms with Crippen LogP contribution in [0.4, 0.5) is 0 Å². The van der Waals surface area contributed by atoms with Crippen molar-refractivity contribution < 1.29 is 17.9 Å². The molecule has 4 rings (SSSR count). The lowest BCUT2D eigenvalue weighted by molar-refractivity contribution is -0.161. The molecule has 154 valence electrons. The van der Waals surface area contributed by atoms with Crippen molar-refractivity contribution in [1.82, 2.24) is 9.19 Å². The molecule has 0 bridgehead atoms. The summed E-state index contributed by atoms with van der Waals surface area (Å²) < 4.78 is 38.6. The fourth-order valence-electron chi connectivity index (χ4n) is 3.40. The number of hydrogen-bond donors (Lipinski definition) is 0. The van der Waals surface area contributed by atoms with Crippen LogP contribution in [0.3, 0.4) is 0 Å². The normalized spacial score (nSPS) is 17.7. The van der Waals surface area contributed by atoms with Crippen LogP contribution in [0.5, 0.6) is 0 Å². The Morgan fingerprint density at radius 3 is 2.76 bits per heavy atom. The highest BCUT2D eigenvalue weighted by Crippen LogP contribution is 2.27. The largest absolute Gasteiger partial charge is 0.353 e. The molecular weight excluding hydrogens is 412 g/mol. The molecule has 1 unspecified atom stereocenters. The average Bonchev–Trinajstić information content (AvgIpc) is 3.12. The van der Waals surface area contributed by atoms with E-state index in [1.54, 1.807) is 36.4 Å². The van der Waals surface area contributed by atoms with Gasteiger partial charge in [-0.15, -0.1) is 0 Å². The first-order chi connectivity index (χ1) is 13.9. The first-order valence-corrected chi connectivity index (χ1v) is 11.5. The number of aromatic nitrogens is 2. The summed E-state index contributed by atoms with van der Waals surface area (Å²) in [5, 5.41) is 5.36. The first-order valence-electron chi connectivity index (χ1n) is 9.67. The second-order valence-corrected chi connectivity index (χ2v) is 9.40. The van der Waals surface area contributed by atoms with E-state index in [0.717, 1.165) is 41.1 Å². The number of aryl methyl sites for hydroxylation is 1. The average molecular weight is 435 g/mol. The van der Waals surface area contributed by atoms with Gasteiger partial charge in [0.15, 0.2) is 6.29 Å². The van der Waals surface area contributed by atoms with E-state index in [9.17, 15) is 8.42 Å². The molecule has 8 heteroatoms. The maximum Gasteiger partial charge on any atom is 0.283 e. The quantitative estimate of drug-likeness (QED) is 0.577. The standard InChI is InChI=1S/C21H23ClN2O4S/c1-15-5-7-18(8-6-15)29(25,26)24-20-13-16(19(22)12-17(20)14-23-24)9-11-28-21-4-2-3-10-27-21/h5-8,12-14,21H,2-4,9-11H2,1H3. The van der Waals surface area contributed by atoms with Crippen molar-refractivity contribution in [1.29, 1.82) is 0 Å². The van der Waals surface area contributed by atoms with Crippen LogP contribution in [0.25, 0.3) is 10.9 Å². The number of hydrogen-bond acceptors (Lipinski definition) is 5. The topological polar surface area (TPSA) is 70.4 Å². The third-order valence-corrected chi connectivity index (χ3v) is 7.03. The third-order valence-electron chi connectivity index (χ3n) is 5.06. The lowest BCUT2D eigenvalue weighted by Gasteiger charge is -2.22. The zero-order chi connectivity index (χ0) is 20.4. The van der Waals surface area contributed by atoms with Crippen LogP contribution < -0.4 is 0 Å². The fourth-order valence-corrected chi connectivity index (χ4v) is 4.94. The minimum atomic E-state index is -3.80. The van der Waals surface area contributed by atoms with Gasteiger partial charge in [-0.1, -0.05) is 29.3 Å². The third kappa shape index (κ3) is 4.33. The second-order valence-electron chi connectivity index (χ2n) is 7.22. The van der Waals surface area contributed by atoms with Crippen LogP contribution in [0.1, 0.15) is 30.4 Å². The second kappa shape index (κ2) is 8.44. The van der Waals surface area contributed by atoms with E-state index in [-0.39, 0.29) is 11.2 Å². The van der Waals surface area contributed by atoms with Gasteiger partial charge in [-0.25, -0.2) is 0 Å². The molecule has 0 N–H and O–H groups in total. The summed E-state index contributed by atoms with van der Waals surface area (Å²) >= 11 is 6.41. The molecule has 0 aliphatic carbocycles. The SMILES string of the molecule is Cc1ccc(S(=O)(=O)n2ncc3cc(Cl)c(CCOC4CCCCO4)cc32)cc1. The lowest BCUT2D eigenvalue weighted by atomic mass is 10.1. The van der Waals surface area contributed by atoms with Gasteiger partial charge in [0.2, 0.25) is 0 Å². The molecule has 29 heavy (non-hydrogen) atoms. The van der Waals surface area contributed by atoms with Gasteiger partial charge in [0, 0.05) is 17.0 Å². The van der Waals surface area contributed by atoms with Gasteiger partial charge < -0.3 is 9.47 Å². The molecule has 0 spiro atoms. The highest BCUT2D eigenvalue weighted by atomic mass is 35.5. The van der Waals surface area contributed by atoms with E-state index in [1.165, 1.54) is 6.20 Å². The highest BCUT2D eigenvalue weighted by Gasteiger charge is 2.21. The number of rotatable bonds is 6. The highest BCUT2D eigenvalue weighted by molar-refractivity contribution is 7.90. The Labute approximate surface area is 175 Å². The minimum Gasteiger partial charge on any atom is -0.353 e. The number of nitrogens with zero attached hydrogens (tertiary/aromatic N) is 2. The molecule has 0 saturated carbocycles. The molecule has 2 aromatic carbocycles. The number of halogens is 1. The van der Waals surface area contributed by atoms with E-state index < -0.39 is 10.0 Å². The summed E-state index contributed by atoms with van der Waals surface area (Å²) in [7, 11) is -3.80. The van der Waals surface area contributed by atoms with Crippen molar-refractivity contribution in [3.05, 3.63) is 58.7 Å². The molecule has 1 aliphatic rings. The van der Waals surface area contributed by atoms with Gasteiger partial charge >= 0.3 is 0 Å². The maximum atomic E-state index is 13.1. The summed E-state index contributed by atoms with van der Waals surface area (Å²) in [6.45, 7) is 3.09. The Hall–Kier alpha value is -1.93. The van der Waals surface area contributed by atoms with Crippen LogP contribution in [-0.4, -0.2) is 37.1 Å². The van der Waals surface area contributed by atoms with Crippen LogP contribution in [0, 0.1) is 6.92 Å².